The molecule has 0 aliphatic carbocycles. The van der Waals surface area contributed by atoms with Crippen LogP contribution in [0.3, 0.4) is 0 Å². The Morgan fingerprint density at radius 1 is 0.923 bits per heavy atom. The summed E-state index contributed by atoms with van der Waals surface area (Å²) in [5, 5.41) is 0.804. The van der Waals surface area contributed by atoms with Crippen LogP contribution in [-0.2, 0) is 0 Å². The third kappa shape index (κ3) is 2.96. The normalized spacial score (nSPS) is 15.8. The topological polar surface area (TPSA) is 75.0 Å². The number of aromatic nitrogens is 2. The van der Waals surface area contributed by atoms with Crippen LogP contribution in [0.1, 0.15) is 22.6 Å². The van der Waals surface area contributed by atoms with Crippen molar-refractivity contribution in [3.8, 4) is 5.88 Å². The zero-order valence-corrected chi connectivity index (χ0v) is 14.8. The van der Waals surface area contributed by atoms with Crippen molar-refractivity contribution in [3.63, 3.8) is 0 Å². The molecule has 7 heteroatoms. The van der Waals surface area contributed by atoms with E-state index >= 15 is 0 Å². The molecule has 0 spiro atoms. The first-order valence-corrected chi connectivity index (χ1v) is 8.55. The fourth-order valence-electron chi connectivity index (χ4n) is 2.94. The van der Waals surface area contributed by atoms with Gasteiger partial charge in [0.05, 0.1) is 15.6 Å². The van der Waals surface area contributed by atoms with Crippen LogP contribution in [0, 0.1) is 0 Å². The molecule has 1 aromatic heterocycles. The lowest BCUT2D eigenvalue weighted by molar-refractivity contribution is 0.464. The second-order valence-corrected chi connectivity index (χ2v) is 6.62. The van der Waals surface area contributed by atoms with E-state index in [0.717, 1.165) is 11.1 Å². The van der Waals surface area contributed by atoms with Crippen LogP contribution in [0.4, 0.5) is 0 Å². The van der Waals surface area contributed by atoms with E-state index in [2.05, 4.69) is 9.97 Å². The van der Waals surface area contributed by atoms with Gasteiger partial charge in [0, 0.05) is 11.5 Å². The molecule has 1 atom stereocenters. The number of aromatic amines is 2. The number of benzene rings is 2. The van der Waals surface area contributed by atoms with Gasteiger partial charge in [0.25, 0.3) is 5.56 Å². The minimum atomic E-state index is -0.629. The van der Waals surface area contributed by atoms with Crippen LogP contribution in [0.15, 0.2) is 64.2 Å². The molecule has 0 radical (unpaired) electrons. The Labute approximate surface area is 157 Å². The lowest BCUT2D eigenvalue weighted by atomic mass is 9.89. The zero-order valence-electron chi connectivity index (χ0n) is 13.3. The first-order valence-electron chi connectivity index (χ1n) is 7.79. The highest BCUT2D eigenvalue weighted by Crippen LogP contribution is 2.38. The van der Waals surface area contributed by atoms with Crippen molar-refractivity contribution >= 4 is 29.0 Å². The van der Waals surface area contributed by atoms with Gasteiger partial charge in [-0.25, -0.2) is 4.79 Å². The molecule has 1 aliphatic heterocycles. The molecule has 0 amide bonds. The predicted octanol–water partition coefficient (Wildman–Crippen LogP) is 3.94. The smallest absolute Gasteiger partial charge is 0.328 e. The van der Waals surface area contributed by atoms with Gasteiger partial charge in [-0.2, -0.15) is 0 Å². The lowest BCUT2D eigenvalue weighted by Gasteiger charge is -2.24. The first kappa shape index (κ1) is 16.7. The molecule has 1 unspecified atom stereocenters. The van der Waals surface area contributed by atoms with Crippen LogP contribution < -0.4 is 16.0 Å². The Morgan fingerprint density at radius 2 is 1.69 bits per heavy atom. The number of ether oxygens (including phenoxy) is 1. The minimum Gasteiger partial charge on any atom is -0.440 e. The molecule has 2 aromatic carbocycles. The van der Waals surface area contributed by atoms with Gasteiger partial charge in [-0.1, -0.05) is 59.6 Å². The molecule has 4 rings (SSSR count). The maximum atomic E-state index is 12.4. The molecular formula is C19H12Cl2N2O3. The summed E-state index contributed by atoms with van der Waals surface area (Å²) in [7, 11) is 0. The van der Waals surface area contributed by atoms with Gasteiger partial charge >= 0.3 is 5.69 Å². The van der Waals surface area contributed by atoms with E-state index in [1.807, 2.05) is 36.4 Å². The summed E-state index contributed by atoms with van der Waals surface area (Å²) in [6.45, 7) is 0. The lowest BCUT2D eigenvalue weighted by Crippen LogP contribution is -2.30. The van der Waals surface area contributed by atoms with Crippen molar-refractivity contribution < 1.29 is 4.74 Å². The van der Waals surface area contributed by atoms with Crippen molar-refractivity contribution in [1.82, 2.24) is 9.97 Å². The van der Waals surface area contributed by atoms with Crippen LogP contribution in [-0.4, -0.2) is 9.97 Å². The Balaban J connectivity index is 1.94. The van der Waals surface area contributed by atoms with E-state index < -0.39 is 17.2 Å². The second kappa shape index (κ2) is 6.52. The van der Waals surface area contributed by atoms with Crippen molar-refractivity contribution in [2.45, 2.75) is 5.92 Å². The number of H-pyrrole nitrogens is 2. The maximum absolute atomic E-state index is 12.4. The third-order valence-corrected chi connectivity index (χ3v) is 4.88. The zero-order chi connectivity index (χ0) is 18.3. The SMILES string of the molecule is O=c1[nH]c2c(c(=O)[nH]1)C(c1ccc(Cl)c(Cl)c1)C=C(c1ccccc1)O2. The van der Waals surface area contributed by atoms with Crippen LogP contribution in [0.25, 0.3) is 5.76 Å². The standard InChI is InChI=1S/C19H12Cl2N2O3/c20-13-7-6-11(8-14(13)21)12-9-15(10-4-2-1-3-5-10)26-18-16(12)17(24)22-19(25)23-18/h1-9,12H,(H2,22,23,24,25). The number of halogens is 2. The summed E-state index contributed by atoms with van der Waals surface area (Å²) in [6, 6.07) is 14.6. The number of nitrogens with one attached hydrogen (secondary N) is 2. The molecule has 26 heavy (non-hydrogen) atoms. The van der Waals surface area contributed by atoms with Crippen LogP contribution in [0.2, 0.25) is 10.0 Å². The summed E-state index contributed by atoms with van der Waals surface area (Å²) in [6.07, 6.45) is 1.82. The summed E-state index contributed by atoms with van der Waals surface area (Å²) in [5.41, 5.74) is 0.751. The molecular weight excluding hydrogens is 375 g/mol. The second-order valence-electron chi connectivity index (χ2n) is 5.80. The van der Waals surface area contributed by atoms with Gasteiger partial charge in [-0.05, 0) is 23.8 Å². The van der Waals surface area contributed by atoms with E-state index in [1.54, 1.807) is 18.2 Å². The molecule has 0 bridgehead atoms. The first-order chi connectivity index (χ1) is 12.5. The van der Waals surface area contributed by atoms with Crippen LogP contribution in [0.5, 0.6) is 5.88 Å². The van der Waals surface area contributed by atoms with Gasteiger partial charge in [-0.15, -0.1) is 0 Å². The largest absolute Gasteiger partial charge is 0.440 e. The summed E-state index contributed by atoms with van der Waals surface area (Å²) >= 11 is 12.2. The van der Waals surface area contributed by atoms with Gasteiger partial charge < -0.3 is 4.74 Å². The highest BCUT2D eigenvalue weighted by molar-refractivity contribution is 6.42. The molecule has 130 valence electrons. The summed E-state index contributed by atoms with van der Waals surface area (Å²) < 4.78 is 5.81. The highest BCUT2D eigenvalue weighted by atomic mass is 35.5. The number of fused-ring (bicyclic) bond motifs is 1. The molecule has 2 heterocycles. The summed E-state index contributed by atoms with van der Waals surface area (Å²) in [5.74, 6) is 0.205. The molecule has 2 N–H and O–H groups in total. The van der Waals surface area contributed by atoms with Gasteiger partial charge in [-0.3, -0.25) is 14.8 Å². The fraction of sp³-hybridized carbons (Fsp3) is 0.0526. The average molecular weight is 387 g/mol. The Hall–Kier alpha value is -2.76. The number of hydrogen-bond donors (Lipinski definition) is 2. The van der Waals surface area contributed by atoms with E-state index in [9.17, 15) is 9.59 Å². The monoisotopic (exact) mass is 386 g/mol. The van der Waals surface area contributed by atoms with Gasteiger partial charge in [0.15, 0.2) is 0 Å². The van der Waals surface area contributed by atoms with Gasteiger partial charge in [0.1, 0.15) is 5.76 Å². The van der Waals surface area contributed by atoms with Crippen molar-refractivity contribution in [1.29, 1.82) is 0 Å². The average Bonchev–Trinajstić information content (AvgIpc) is 2.63. The van der Waals surface area contributed by atoms with Crippen molar-refractivity contribution in [2.75, 3.05) is 0 Å². The van der Waals surface area contributed by atoms with Crippen molar-refractivity contribution in [2.24, 2.45) is 0 Å². The minimum absolute atomic E-state index is 0.121. The Bertz CT molecular complexity index is 1130. The molecule has 5 nitrogen and oxygen atoms in total. The van der Waals surface area contributed by atoms with E-state index in [4.69, 9.17) is 27.9 Å². The van der Waals surface area contributed by atoms with E-state index in [-0.39, 0.29) is 5.88 Å². The quantitative estimate of drug-likeness (QED) is 0.700. The number of rotatable bonds is 2. The maximum Gasteiger partial charge on any atom is 0.328 e. The Kier molecular flexibility index (Phi) is 4.18. The predicted molar refractivity (Wildman–Crippen MR) is 101 cm³/mol. The van der Waals surface area contributed by atoms with Gasteiger partial charge in [0.2, 0.25) is 5.88 Å². The summed E-state index contributed by atoms with van der Waals surface area (Å²) in [4.78, 5) is 28.9. The van der Waals surface area contributed by atoms with Crippen LogP contribution >= 0.6 is 23.2 Å². The van der Waals surface area contributed by atoms with E-state index in [0.29, 0.717) is 21.4 Å². The molecule has 1 aliphatic rings. The molecule has 3 aromatic rings. The Morgan fingerprint density at radius 3 is 2.42 bits per heavy atom. The molecule has 0 saturated heterocycles. The molecule has 0 fully saturated rings. The molecule has 0 saturated carbocycles. The highest BCUT2D eigenvalue weighted by Gasteiger charge is 2.28. The fourth-order valence-corrected chi connectivity index (χ4v) is 3.25. The van der Waals surface area contributed by atoms with E-state index in [1.165, 1.54) is 0 Å². The number of allylic oxidation sites excluding steroid dienone is 1. The third-order valence-electron chi connectivity index (χ3n) is 4.15. The number of hydrogen-bond acceptors (Lipinski definition) is 3. The van der Waals surface area contributed by atoms with Crippen molar-refractivity contribution in [3.05, 3.63) is 102 Å².